The zero-order valence-electron chi connectivity index (χ0n) is 11.2. The van der Waals surface area contributed by atoms with Crippen LogP contribution in [-0.4, -0.2) is 50.5 Å². The minimum atomic E-state index is -0.511. The Labute approximate surface area is 113 Å². The number of aliphatic hydroxyl groups excluding tert-OH is 1. The number of ether oxygens (including phenoxy) is 4. The SMILES string of the molecule is CO[C@@H]1O[C@H](CO)[C@H](OCc2ccccc2)[C@H]1OC. The summed E-state index contributed by atoms with van der Waals surface area (Å²) in [5.41, 5.74) is 1.06. The number of rotatable bonds is 6. The van der Waals surface area contributed by atoms with Gasteiger partial charge in [0.2, 0.25) is 0 Å². The van der Waals surface area contributed by atoms with Crippen molar-refractivity contribution in [3.8, 4) is 0 Å². The Kier molecular flexibility index (Phi) is 5.30. The van der Waals surface area contributed by atoms with Gasteiger partial charge in [0, 0.05) is 14.2 Å². The summed E-state index contributed by atoms with van der Waals surface area (Å²) in [7, 11) is 3.13. The van der Waals surface area contributed by atoms with E-state index >= 15 is 0 Å². The quantitative estimate of drug-likeness (QED) is 0.832. The lowest BCUT2D eigenvalue weighted by Gasteiger charge is -2.22. The van der Waals surface area contributed by atoms with Crippen LogP contribution in [0.1, 0.15) is 5.56 Å². The van der Waals surface area contributed by atoms with Crippen molar-refractivity contribution in [1.82, 2.24) is 0 Å². The van der Waals surface area contributed by atoms with E-state index in [1.165, 1.54) is 0 Å². The van der Waals surface area contributed by atoms with Gasteiger partial charge in [-0.15, -0.1) is 0 Å². The zero-order valence-corrected chi connectivity index (χ0v) is 11.2. The van der Waals surface area contributed by atoms with Crippen LogP contribution in [0.25, 0.3) is 0 Å². The molecule has 4 atom stereocenters. The number of aliphatic hydroxyl groups is 1. The first-order chi connectivity index (χ1) is 9.30. The highest BCUT2D eigenvalue weighted by Gasteiger charge is 2.45. The number of hydrogen-bond donors (Lipinski definition) is 1. The van der Waals surface area contributed by atoms with E-state index < -0.39 is 12.4 Å². The molecule has 0 radical (unpaired) electrons. The van der Waals surface area contributed by atoms with Crippen molar-refractivity contribution in [2.75, 3.05) is 20.8 Å². The highest BCUT2D eigenvalue weighted by Crippen LogP contribution is 2.27. The second kappa shape index (κ2) is 6.98. The molecule has 1 aliphatic rings. The number of methoxy groups -OCH3 is 2. The summed E-state index contributed by atoms with van der Waals surface area (Å²) in [5, 5.41) is 9.34. The molecule has 106 valence electrons. The van der Waals surface area contributed by atoms with E-state index in [2.05, 4.69) is 0 Å². The molecule has 1 fully saturated rings. The first kappa shape index (κ1) is 14.4. The molecule has 5 heteroatoms. The van der Waals surface area contributed by atoms with Gasteiger partial charge < -0.3 is 24.1 Å². The third-order valence-electron chi connectivity index (χ3n) is 3.24. The van der Waals surface area contributed by atoms with Crippen molar-refractivity contribution < 1.29 is 24.1 Å². The monoisotopic (exact) mass is 268 g/mol. The average Bonchev–Trinajstić information content (AvgIpc) is 2.83. The molecule has 1 heterocycles. The second-order valence-corrected chi connectivity index (χ2v) is 4.42. The van der Waals surface area contributed by atoms with Crippen LogP contribution < -0.4 is 0 Å². The van der Waals surface area contributed by atoms with Crippen molar-refractivity contribution >= 4 is 0 Å². The van der Waals surface area contributed by atoms with Crippen LogP contribution in [0.15, 0.2) is 30.3 Å². The van der Waals surface area contributed by atoms with Gasteiger partial charge in [0.15, 0.2) is 6.29 Å². The average molecular weight is 268 g/mol. The molecule has 0 spiro atoms. The molecular weight excluding hydrogens is 248 g/mol. The molecule has 1 saturated heterocycles. The molecule has 0 saturated carbocycles. The van der Waals surface area contributed by atoms with E-state index in [0.717, 1.165) is 5.56 Å². The van der Waals surface area contributed by atoms with Crippen molar-refractivity contribution in [3.05, 3.63) is 35.9 Å². The number of hydrogen-bond acceptors (Lipinski definition) is 5. The maximum absolute atomic E-state index is 9.34. The fourth-order valence-corrected chi connectivity index (χ4v) is 2.24. The Morgan fingerprint density at radius 3 is 2.42 bits per heavy atom. The normalized spacial score (nSPS) is 30.7. The van der Waals surface area contributed by atoms with Crippen LogP contribution in [0.5, 0.6) is 0 Å². The van der Waals surface area contributed by atoms with Crippen molar-refractivity contribution in [2.24, 2.45) is 0 Å². The van der Waals surface area contributed by atoms with Gasteiger partial charge in [-0.25, -0.2) is 0 Å². The molecule has 0 aromatic heterocycles. The molecule has 1 aromatic carbocycles. The van der Waals surface area contributed by atoms with E-state index in [4.69, 9.17) is 18.9 Å². The molecule has 1 aromatic rings. The third-order valence-corrected chi connectivity index (χ3v) is 3.24. The van der Waals surface area contributed by atoms with Crippen LogP contribution in [0, 0.1) is 0 Å². The van der Waals surface area contributed by atoms with E-state index in [0.29, 0.717) is 6.61 Å². The summed E-state index contributed by atoms with van der Waals surface area (Å²) in [6.45, 7) is 0.320. The molecule has 19 heavy (non-hydrogen) atoms. The summed E-state index contributed by atoms with van der Waals surface area (Å²) in [5.74, 6) is 0. The molecule has 5 nitrogen and oxygen atoms in total. The Bertz CT molecular complexity index is 369. The smallest absolute Gasteiger partial charge is 0.186 e. The van der Waals surface area contributed by atoms with E-state index in [1.54, 1.807) is 14.2 Å². The van der Waals surface area contributed by atoms with Gasteiger partial charge in [-0.3, -0.25) is 0 Å². The summed E-state index contributed by atoms with van der Waals surface area (Å²) in [4.78, 5) is 0. The third kappa shape index (κ3) is 3.32. The first-order valence-corrected chi connectivity index (χ1v) is 6.27. The summed E-state index contributed by atoms with van der Waals surface area (Å²) in [6.07, 6.45) is -1.63. The van der Waals surface area contributed by atoms with Gasteiger partial charge in [-0.05, 0) is 5.56 Å². The van der Waals surface area contributed by atoms with E-state index in [-0.39, 0.29) is 18.8 Å². The topological polar surface area (TPSA) is 57.2 Å². The largest absolute Gasteiger partial charge is 0.394 e. The lowest BCUT2D eigenvalue weighted by atomic mass is 10.1. The standard InChI is InChI=1S/C14H20O5/c1-16-13-12(11(8-15)19-14(13)17-2)18-9-10-6-4-3-5-7-10/h3-7,11-15H,8-9H2,1-2H3/t11-,12+,13-,14-/m1/s1. The molecular formula is C14H20O5. The van der Waals surface area contributed by atoms with Crippen molar-refractivity contribution in [1.29, 1.82) is 0 Å². The highest BCUT2D eigenvalue weighted by molar-refractivity contribution is 5.13. The molecule has 0 bridgehead atoms. The minimum absolute atomic E-state index is 0.126. The van der Waals surface area contributed by atoms with Gasteiger partial charge in [-0.1, -0.05) is 30.3 Å². The van der Waals surface area contributed by atoms with E-state index in [1.807, 2.05) is 30.3 Å². The van der Waals surface area contributed by atoms with Gasteiger partial charge in [-0.2, -0.15) is 0 Å². The predicted molar refractivity (Wildman–Crippen MR) is 68.6 cm³/mol. The Morgan fingerprint density at radius 1 is 1.11 bits per heavy atom. The van der Waals surface area contributed by atoms with Crippen LogP contribution in [0.2, 0.25) is 0 Å². The molecule has 2 rings (SSSR count). The maximum atomic E-state index is 9.34. The summed E-state index contributed by atoms with van der Waals surface area (Å²) >= 11 is 0. The Hall–Kier alpha value is -0.980. The van der Waals surface area contributed by atoms with Crippen LogP contribution in [0.3, 0.4) is 0 Å². The molecule has 0 amide bonds. The first-order valence-electron chi connectivity index (χ1n) is 6.27. The fraction of sp³-hybridized carbons (Fsp3) is 0.571. The lowest BCUT2D eigenvalue weighted by molar-refractivity contribution is -0.159. The van der Waals surface area contributed by atoms with Gasteiger partial charge >= 0.3 is 0 Å². The van der Waals surface area contributed by atoms with Gasteiger partial charge in [0.05, 0.1) is 13.2 Å². The van der Waals surface area contributed by atoms with Gasteiger partial charge in [0.25, 0.3) is 0 Å². The zero-order chi connectivity index (χ0) is 13.7. The van der Waals surface area contributed by atoms with E-state index in [9.17, 15) is 5.11 Å². The Morgan fingerprint density at radius 2 is 1.84 bits per heavy atom. The Balaban J connectivity index is 1.99. The van der Waals surface area contributed by atoms with Crippen molar-refractivity contribution in [3.63, 3.8) is 0 Å². The van der Waals surface area contributed by atoms with Crippen LogP contribution >= 0.6 is 0 Å². The molecule has 0 unspecified atom stereocenters. The molecule has 0 aliphatic carbocycles. The fourth-order valence-electron chi connectivity index (χ4n) is 2.24. The summed E-state index contributed by atoms with van der Waals surface area (Å²) in [6, 6.07) is 9.84. The molecule has 1 N–H and O–H groups in total. The van der Waals surface area contributed by atoms with Crippen LogP contribution in [-0.2, 0) is 25.6 Å². The number of benzene rings is 1. The predicted octanol–water partition coefficient (Wildman–Crippen LogP) is 0.950. The minimum Gasteiger partial charge on any atom is -0.394 e. The lowest BCUT2D eigenvalue weighted by Crippen LogP contribution is -2.38. The second-order valence-electron chi connectivity index (χ2n) is 4.42. The van der Waals surface area contributed by atoms with Crippen molar-refractivity contribution in [2.45, 2.75) is 31.2 Å². The highest BCUT2D eigenvalue weighted by atomic mass is 16.7. The summed E-state index contributed by atoms with van der Waals surface area (Å²) < 4.78 is 21.9. The maximum Gasteiger partial charge on any atom is 0.186 e. The van der Waals surface area contributed by atoms with Gasteiger partial charge in [0.1, 0.15) is 18.3 Å². The van der Waals surface area contributed by atoms with Crippen LogP contribution in [0.4, 0.5) is 0 Å². The molecule has 1 aliphatic heterocycles.